The van der Waals surface area contributed by atoms with E-state index in [1.165, 1.54) is 25.7 Å². The van der Waals surface area contributed by atoms with E-state index in [0.29, 0.717) is 6.04 Å². The van der Waals surface area contributed by atoms with E-state index in [0.717, 1.165) is 31.4 Å². The van der Waals surface area contributed by atoms with Gasteiger partial charge in [-0.05, 0) is 37.8 Å². The predicted molar refractivity (Wildman–Crippen MR) is 75.8 cm³/mol. The molecular formula is C16H22N2O2. The Labute approximate surface area is 120 Å². The second-order valence-corrected chi connectivity index (χ2v) is 6.15. The van der Waals surface area contributed by atoms with Crippen LogP contribution in [-0.4, -0.2) is 47.3 Å². The topological polar surface area (TPSA) is 34.6 Å². The first-order valence-electron chi connectivity index (χ1n) is 7.86. The summed E-state index contributed by atoms with van der Waals surface area (Å²) in [6.07, 6.45) is 10.4. The van der Waals surface area contributed by atoms with Gasteiger partial charge >= 0.3 is 0 Å². The van der Waals surface area contributed by atoms with Gasteiger partial charge < -0.3 is 9.47 Å². The number of rotatable bonds is 3. The smallest absolute Gasteiger partial charge is 0.138 e. The number of ether oxygens (including phenoxy) is 2. The van der Waals surface area contributed by atoms with Crippen LogP contribution in [0.1, 0.15) is 32.1 Å². The molecule has 0 unspecified atom stereocenters. The van der Waals surface area contributed by atoms with Crippen LogP contribution in [0.2, 0.25) is 0 Å². The first kappa shape index (κ1) is 12.6. The minimum Gasteiger partial charge on any atom is -0.486 e. The minimum absolute atomic E-state index is 0.187. The molecule has 20 heavy (non-hydrogen) atoms. The zero-order valence-electron chi connectivity index (χ0n) is 11.8. The number of aromatic nitrogens is 1. The number of hydrogen-bond donors (Lipinski definition) is 0. The second-order valence-electron chi connectivity index (χ2n) is 6.15. The lowest BCUT2D eigenvalue weighted by Gasteiger charge is -2.46. The lowest BCUT2D eigenvalue weighted by atomic mass is 9.89. The molecule has 1 saturated heterocycles. The van der Waals surface area contributed by atoms with Crippen LogP contribution in [-0.2, 0) is 4.74 Å². The maximum Gasteiger partial charge on any atom is 0.138 e. The van der Waals surface area contributed by atoms with Gasteiger partial charge in [0.25, 0.3) is 0 Å². The van der Waals surface area contributed by atoms with E-state index in [1.807, 2.05) is 12.1 Å². The van der Waals surface area contributed by atoms with Gasteiger partial charge in [0.2, 0.25) is 0 Å². The van der Waals surface area contributed by atoms with Crippen molar-refractivity contribution in [3.8, 4) is 5.75 Å². The fraction of sp³-hybridized carbons (Fsp3) is 0.688. The molecule has 1 aromatic rings. The average Bonchev–Trinajstić information content (AvgIpc) is 2.83. The summed E-state index contributed by atoms with van der Waals surface area (Å²) in [6.45, 7) is 1.95. The lowest BCUT2D eigenvalue weighted by Crippen LogP contribution is -2.57. The first-order chi connectivity index (χ1) is 9.92. The van der Waals surface area contributed by atoms with E-state index in [9.17, 15) is 0 Å². The van der Waals surface area contributed by atoms with Crippen molar-refractivity contribution in [2.24, 2.45) is 0 Å². The van der Waals surface area contributed by atoms with Crippen LogP contribution >= 0.6 is 0 Å². The highest BCUT2D eigenvalue weighted by molar-refractivity contribution is 5.17. The van der Waals surface area contributed by atoms with E-state index in [4.69, 9.17) is 9.47 Å². The summed E-state index contributed by atoms with van der Waals surface area (Å²) in [5.41, 5.74) is 0. The molecule has 4 rings (SSSR count). The second kappa shape index (κ2) is 5.34. The molecule has 0 radical (unpaired) electrons. The van der Waals surface area contributed by atoms with E-state index in [1.54, 1.807) is 12.4 Å². The Hall–Kier alpha value is -1.13. The van der Waals surface area contributed by atoms with Crippen LogP contribution in [0.5, 0.6) is 5.75 Å². The van der Waals surface area contributed by atoms with Gasteiger partial charge in [-0.15, -0.1) is 0 Å². The number of hydrogen-bond acceptors (Lipinski definition) is 4. The number of nitrogens with zero attached hydrogens (tertiary/aromatic N) is 2. The Kier molecular flexibility index (Phi) is 3.36. The maximum atomic E-state index is 6.11. The third-order valence-corrected chi connectivity index (χ3v) is 5.04. The molecule has 1 aliphatic heterocycles. The minimum atomic E-state index is 0.187. The highest BCUT2D eigenvalue weighted by Gasteiger charge is 2.46. The molecule has 3 atom stereocenters. The van der Waals surface area contributed by atoms with Crippen LogP contribution in [0.3, 0.4) is 0 Å². The summed E-state index contributed by atoms with van der Waals surface area (Å²) in [7, 11) is 0. The summed E-state index contributed by atoms with van der Waals surface area (Å²) >= 11 is 0. The van der Waals surface area contributed by atoms with Gasteiger partial charge in [-0.3, -0.25) is 9.88 Å². The molecule has 0 amide bonds. The highest BCUT2D eigenvalue weighted by Crippen LogP contribution is 2.37. The molecule has 0 N–H and O–H groups in total. The lowest BCUT2D eigenvalue weighted by molar-refractivity contribution is -0.109. The Morgan fingerprint density at radius 1 is 1.25 bits per heavy atom. The quantitative estimate of drug-likeness (QED) is 0.846. The third kappa shape index (κ3) is 2.21. The summed E-state index contributed by atoms with van der Waals surface area (Å²) in [5.74, 6) is 0.863. The fourth-order valence-electron chi connectivity index (χ4n) is 3.83. The van der Waals surface area contributed by atoms with E-state index >= 15 is 0 Å². The largest absolute Gasteiger partial charge is 0.486 e. The molecule has 2 saturated carbocycles. The molecule has 4 nitrogen and oxygen atoms in total. The average molecular weight is 274 g/mol. The summed E-state index contributed by atoms with van der Waals surface area (Å²) in [5, 5.41) is 0. The molecule has 2 heterocycles. The Bertz CT molecular complexity index is 449. The van der Waals surface area contributed by atoms with E-state index in [-0.39, 0.29) is 12.2 Å². The van der Waals surface area contributed by atoms with Crippen molar-refractivity contribution < 1.29 is 9.47 Å². The van der Waals surface area contributed by atoms with Crippen LogP contribution < -0.4 is 4.74 Å². The van der Waals surface area contributed by atoms with E-state index in [2.05, 4.69) is 9.88 Å². The van der Waals surface area contributed by atoms with Crippen LogP contribution in [0, 0.1) is 0 Å². The van der Waals surface area contributed by atoms with Crippen molar-refractivity contribution >= 4 is 0 Å². The zero-order valence-corrected chi connectivity index (χ0v) is 11.8. The number of morpholine rings is 1. The molecule has 2 aliphatic carbocycles. The molecule has 0 bridgehead atoms. The molecule has 0 aromatic carbocycles. The van der Waals surface area contributed by atoms with Gasteiger partial charge in [0.05, 0.1) is 12.8 Å². The molecule has 4 heteroatoms. The zero-order chi connectivity index (χ0) is 13.4. The van der Waals surface area contributed by atoms with Gasteiger partial charge in [0, 0.05) is 24.8 Å². The predicted octanol–water partition coefficient (Wildman–Crippen LogP) is 2.24. The fourth-order valence-corrected chi connectivity index (χ4v) is 3.83. The molecule has 3 aliphatic rings. The van der Waals surface area contributed by atoms with Crippen molar-refractivity contribution in [2.45, 2.75) is 56.4 Å². The summed E-state index contributed by atoms with van der Waals surface area (Å²) in [6, 6.07) is 5.27. The van der Waals surface area contributed by atoms with Gasteiger partial charge in [-0.2, -0.15) is 0 Å². The van der Waals surface area contributed by atoms with Crippen LogP contribution in [0.15, 0.2) is 24.5 Å². The SMILES string of the molecule is c1cncc(O[C@H]2CC[C@H]3[C@H]2OCCN3C2CCC2)c1. The standard InChI is InChI=1S/C16H22N2O2/c1-3-12(4-1)18-9-10-19-16-14(18)6-7-15(16)20-13-5-2-8-17-11-13/h2,5,8,11-12,14-16H,1,3-4,6-7,9-10H2/t14-,15-,16+/m0/s1. The number of pyridine rings is 1. The number of fused-ring (bicyclic) bond motifs is 1. The highest BCUT2D eigenvalue weighted by atomic mass is 16.5. The molecule has 3 fully saturated rings. The van der Waals surface area contributed by atoms with Crippen LogP contribution in [0.4, 0.5) is 0 Å². The Morgan fingerprint density at radius 2 is 2.20 bits per heavy atom. The van der Waals surface area contributed by atoms with Crippen molar-refractivity contribution in [3.05, 3.63) is 24.5 Å². The molecule has 108 valence electrons. The third-order valence-electron chi connectivity index (χ3n) is 5.04. The van der Waals surface area contributed by atoms with Gasteiger partial charge in [-0.25, -0.2) is 0 Å². The van der Waals surface area contributed by atoms with Crippen molar-refractivity contribution in [2.75, 3.05) is 13.2 Å². The summed E-state index contributed by atoms with van der Waals surface area (Å²) in [4.78, 5) is 6.82. The Balaban J connectivity index is 1.45. The molecule has 1 aromatic heterocycles. The first-order valence-corrected chi connectivity index (χ1v) is 7.86. The van der Waals surface area contributed by atoms with Gasteiger partial charge in [-0.1, -0.05) is 6.42 Å². The van der Waals surface area contributed by atoms with Gasteiger partial charge in [0.15, 0.2) is 0 Å². The maximum absolute atomic E-state index is 6.11. The summed E-state index contributed by atoms with van der Waals surface area (Å²) < 4.78 is 12.2. The van der Waals surface area contributed by atoms with Crippen molar-refractivity contribution in [1.29, 1.82) is 0 Å². The Morgan fingerprint density at radius 3 is 2.95 bits per heavy atom. The van der Waals surface area contributed by atoms with E-state index < -0.39 is 0 Å². The monoisotopic (exact) mass is 274 g/mol. The molecular weight excluding hydrogens is 252 g/mol. The van der Waals surface area contributed by atoms with Gasteiger partial charge in [0.1, 0.15) is 18.0 Å². The molecule has 0 spiro atoms. The van der Waals surface area contributed by atoms with Crippen molar-refractivity contribution in [3.63, 3.8) is 0 Å². The normalized spacial score (nSPS) is 34.5. The van der Waals surface area contributed by atoms with Crippen molar-refractivity contribution in [1.82, 2.24) is 9.88 Å². The van der Waals surface area contributed by atoms with Crippen LogP contribution in [0.25, 0.3) is 0 Å².